The maximum atomic E-state index is 13.0. The van der Waals surface area contributed by atoms with Crippen molar-refractivity contribution in [2.75, 3.05) is 32.2 Å². The minimum atomic E-state index is -0.859. The van der Waals surface area contributed by atoms with Crippen LogP contribution in [0.2, 0.25) is 0 Å². The van der Waals surface area contributed by atoms with Crippen molar-refractivity contribution < 1.29 is 23.9 Å². The third-order valence-corrected chi connectivity index (χ3v) is 5.83. The van der Waals surface area contributed by atoms with Crippen LogP contribution in [0, 0.1) is 0 Å². The average molecular weight is 481 g/mol. The van der Waals surface area contributed by atoms with Crippen LogP contribution in [0.4, 0.5) is 0 Å². The Morgan fingerprint density at radius 1 is 1.12 bits per heavy atom. The topological polar surface area (TPSA) is 145 Å². The maximum Gasteiger partial charge on any atom is 0.305 e. The zero-order chi connectivity index (χ0) is 24.6. The standard InChI is InChI=1S/C23H36N4O5S/c1-32-21(29)11-7-4-8-13-27(19(22(25)30)15-17-9-5-3-6-10-17)20(28)16-26-23(31)18(24)12-14-33-2/h3,5-6,9-10,18-19H,4,7-8,11-16,24H2,1-2H3,(H2,25,30)(H,26,31)/t18-,19+/m1/s1. The second-order valence-electron chi connectivity index (χ2n) is 7.69. The number of hydrogen-bond acceptors (Lipinski definition) is 7. The molecule has 2 atom stereocenters. The van der Waals surface area contributed by atoms with Crippen LogP contribution in [-0.2, 0) is 30.3 Å². The van der Waals surface area contributed by atoms with Crippen LogP contribution in [0.25, 0.3) is 0 Å². The Morgan fingerprint density at radius 3 is 2.42 bits per heavy atom. The maximum absolute atomic E-state index is 13.0. The van der Waals surface area contributed by atoms with Gasteiger partial charge in [0, 0.05) is 19.4 Å². The first-order valence-electron chi connectivity index (χ1n) is 11.0. The average Bonchev–Trinajstić information content (AvgIpc) is 2.82. The highest BCUT2D eigenvalue weighted by molar-refractivity contribution is 7.98. The van der Waals surface area contributed by atoms with E-state index in [0.29, 0.717) is 25.7 Å². The fourth-order valence-corrected chi connectivity index (χ4v) is 3.75. The van der Waals surface area contributed by atoms with Crippen molar-refractivity contribution in [3.05, 3.63) is 35.9 Å². The van der Waals surface area contributed by atoms with E-state index in [1.807, 2.05) is 36.6 Å². The number of nitrogens with zero attached hydrogens (tertiary/aromatic N) is 1. The highest BCUT2D eigenvalue weighted by Gasteiger charge is 2.28. The number of carbonyl (C=O) groups excluding carboxylic acids is 4. The van der Waals surface area contributed by atoms with E-state index < -0.39 is 29.8 Å². The summed E-state index contributed by atoms with van der Waals surface area (Å²) < 4.78 is 4.63. The second kappa shape index (κ2) is 16.1. The lowest BCUT2D eigenvalue weighted by molar-refractivity contribution is -0.141. The molecule has 1 rings (SSSR count). The van der Waals surface area contributed by atoms with Crippen molar-refractivity contribution in [1.82, 2.24) is 10.2 Å². The van der Waals surface area contributed by atoms with Crippen LogP contribution in [0.15, 0.2) is 30.3 Å². The molecule has 0 aliphatic heterocycles. The van der Waals surface area contributed by atoms with Gasteiger partial charge in [0.1, 0.15) is 6.04 Å². The molecule has 5 N–H and O–H groups in total. The predicted molar refractivity (Wildman–Crippen MR) is 129 cm³/mol. The number of nitrogens with two attached hydrogens (primary N) is 2. The summed E-state index contributed by atoms with van der Waals surface area (Å²) in [7, 11) is 1.34. The van der Waals surface area contributed by atoms with E-state index in [9.17, 15) is 19.2 Å². The van der Waals surface area contributed by atoms with Crippen molar-refractivity contribution in [2.24, 2.45) is 11.5 Å². The fourth-order valence-electron chi connectivity index (χ4n) is 3.26. The van der Waals surface area contributed by atoms with Gasteiger partial charge < -0.3 is 26.4 Å². The second-order valence-corrected chi connectivity index (χ2v) is 8.67. The number of carbonyl (C=O) groups is 4. The van der Waals surface area contributed by atoms with Crippen LogP contribution >= 0.6 is 11.8 Å². The van der Waals surface area contributed by atoms with Crippen LogP contribution < -0.4 is 16.8 Å². The molecule has 184 valence electrons. The minimum Gasteiger partial charge on any atom is -0.469 e. The summed E-state index contributed by atoms with van der Waals surface area (Å²) in [6, 6.07) is 7.73. The van der Waals surface area contributed by atoms with Gasteiger partial charge in [-0.1, -0.05) is 36.8 Å². The number of benzene rings is 1. The normalized spacial score (nSPS) is 12.5. The van der Waals surface area contributed by atoms with E-state index in [4.69, 9.17) is 11.5 Å². The molecular weight excluding hydrogens is 444 g/mol. The molecular formula is C23H36N4O5S. The number of thioether (sulfide) groups is 1. The Morgan fingerprint density at radius 2 is 1.82 bits per heavy atom. The lowest BCUT2D eigenvalue weighted by Gasteiger charge is -2.30. The molecule has 1 aromatic carbocycles. The van der Waals surface area contributed by atoms with E-state index in [2.05, 4.69) is 10.1 Å². The van der Waals surface area contributed by atoms with E-state index in [1.54, 1.807) is 11.8 Å². The lowest BCUT2D eigenvalue weighted by Crippen LogP contribution is -2.53. The molecule has 0 aliphatic rings. The number of nitrogens with one attached hydrogen (secondary N) is 1. The summed E-state index contributed by atoms with van der Waals surface area (Å²) in [5, 5.41) is 2.58. The smallest absolute Gasteiger partial charge is 0.305 e. The largest absolute Gasteiger partial charge is 0.469 e. The number of rotatable bonds is 16. The molecule has 9 nitrogen and oxygen atoms in total. The fraction of sp³-hybridized carbons (Fsp3) is 0.565. The molecule has 0 bridgehead atoms. The van der Waals surface area contributed by atoms with Crippen LogP contribution in [0.3, 0.4) is 0 Å². The quantitative estimate of drug-likeness (QED) is 0.235. The van der Waals surface area contributed by atoms with Crippen molar-refractivity contribution in [3.8, 4) is 0 Å². The molecule has 0 fully saturated rings. The Balaban J connectivity index is 2.83. The molecule has 0 aliphatic carbocycles. The molecule has 1 aromatic rings. The van der Waals surface area contributed by atoms with Crippen LogP contribution in [0.1, 0.15) is 37.7 Å². The van der Waals surface area contributed by atoms with Crippen molar-refractivity contribution in [2.45, 2.75) is 50.6 Å². The molecule has 0 saturated heterocycles. The van der Waals surface area contributed by atoms with Gasteiger partial charge in [0.25, 0.3) is 0 Å². The van der Waals surface area contributed by atoms with Crippen LogP contribution in [0.5, 0.6) is 0 Å². The van der Waals surface area contributed by atoms with Crippen LogP contribution in [-0.4, -0.2) is 72.9 Å². The van der Waals surface area contributed by atoms with Crippen molar-refractivity contribution >= 4 is 35.5 Å². The molecule has 10 heteroatoms. The van der Waals surface area contributed by atoms with Gasteiger partial charge in [-0.25, -0.2) is 0 Å². The minimum absolute atomic E-state index is 0.269. The number of hydrogen-bond donors (Lipinski definition) is 3. The SMILES string of the molecule is COC(=O)CCCCCN(C(=O)CNC(=O)[C@H](N)CCSC)[C@@H](Cc1ccccc1)C(N)=O. The first kappa shape index (κ1) is 28.4. The molecule has 0 radical (unpaired) electrons. The van der Waals surface area contributed by atoms with Gasteiger partial charge in [-0.05, 0) is 36.8 Å². The summed E-state index contributed by atoms with van der Waals surface area (Å²) in [4.78, 5) is 50.2. The van der Waals surface area contributed by atoms with Gasteiger partial charge in [0.15, 0.2) is 0 Å². The molecule has 0 saturated carbocycles. The molecule has 0 spiro atoms. The number of primary amides is 1. The number of amides is 3. The highest BCUT2D eigenvalue weighted by atomic mass is 32.2. The van der Waals surface area contributed by atoms with Gasteiger partial charge in [0.2, 0.25) is 17.7 Å². The number of unbranched alkanes of at least 4 members (excludes halogenated alkanes) is 2. The summed E-state index contributed by atoms with van der Waals surface area (Å²) in [6.07, 6.45) is 4.83. The van der Waals surface area contributed by atoms with Crippen molar-refractivity contribution in [1.29, 1.82) is 0 Å². The third-order valence-electron chi connectivity index (χ3n) is 5.19. The van der Waals surface area contributed by atoms with E-state index in [1.165, 1.54) is 12.0 Å². The zero-order valence-electron chi connectivity index (χ0n) is 19.5. The zero-order valence-corrected chi connectivity index (χ0v) is 20.3. The summed E-state index contributed by atoms with van der Waals surface area (Å²) in [6.45, 7) is 0.00137. The Hall–Kier alpha value is -2.59. The lowest BCUT2D eigenvalue weighted by atomic mass is 10.0. The predicted octanol–water partition coefficient (Wildman–Crippen LogP) is 0.842. The summed E-state index contributed by atoms with van der Waals surface area (Å²) in [5.74, 6) is -0.990. The molecule has 33 heavy (non-hydrogen) atoms. The molecule has 0 aromatic heterocycles. The number of esters is 1. The molecule has 0 unspecified atom stereocenters. The highest BCUT2D eigenvalue weighted by Crippen LogP contribution is 2.12. The van der Waals surface area contributed by atoms with Gasteiger partial charge >= 0.3 is 5.97 Å². The number of ether oxygens (including phenoxy) is 1. The van der Waals surface area contributed by atoms with E-state index >= 15 is 0 Å². The van der Waals surface area contributed by atoms with Gasteiger partial charge in [-0.3, -0.25) is 19.2 Å². The van der Waals surface area contributed by atoms with E-state index in [0.717, 1.165) is 11.3 Å². The third kappa shape index (κ3) is 11.2. The van der Waals surface area contributed by atoms with Crippen molar-refractivity contribution in [3.63, 3.8) is 0 Å². The molecule has 0 heterocycles. The van der Waals surface area contributed by atoms with E-state index in [-0.39, 0.29) is 31.9 Å². The first-order valence-corrected chi connectivity index (χ1v) is 12.4. The first-order chi connectivity index (χ1) is 15.8. The Labute approximate surface area is 200 Å². The van der Waals surface area contributed by atoms with Gasteiger partial charge in [0.05, 0.1) is 19.7 Å². The monoisotopic (exact) mass is 480 g/mol. The Kier molecular flexibility index (Phi) is 13.9. The number of methoxy groups -OCH3 is 1. The summed E-state index contributed by atoms with van der Waals surface area (Å²) in [5.41, 5.74) is 12.4. The van der Waals surface area contributed by atoms with Gasteiger partial charge in [-0.15, -0.1) is 0 Å². The Bertz CT molecular complexity index is 762. The van der Waals surface area contributed by atoms with Gasteiger partial charge in [-0.2, -0.15) is 11.8 Å². The molecule has 3 amide bonds. The summed E-state index contributed by atoms with van der Waals surface area (Å²) >= 11 is 1.59.